The van der Waals surface area contributed by atoms with Crippen molar-refractivity contribution in [1.82, 2.24) is 30.0 Å². The molecule has 110 valence electrons. The Morgan fingerprint density at radius 3 is 3.19 bits per heavy atom. The van der Waals surface area contributed by atoms with Crippen LogP contribution in [0.25, 0.3) is 5.65 Å². The van der Waals surface area contributed by atoms with Crippen LogP contribution in [0.15, 0.2) is 29.6 Å². The van der Waals surface area contributed by atoms with Gasteiger partial charge >= 0.3 is 0 Å². The molecule has 3 aromatic rings. The fraction of sp³-hybridized carbons (Fsp3) is 0.385. The van der Waals surface area contributed by atoms with Gasteiger partial charge in [0.05, 0.1) is 12.4 Å². The minimum absolute atomic E-state index is 0.821. The number of thioether (sulfide) groups is 1. The van der Waals surface area contributed by atoms with Gasteiger partial charge in [0.15, 0.2) is 5.65 Å². The van der Waals surface area contributed by atoms with Crippen molar-refractivity contribution in [3.8, 4) is 0 Å². The molecule has 0 aliphatic rings. The molecule has 0 aromatic carbocycles. The number of nitrogens with zero attached hydrogens (tertiary/aromatic N) is 5. The number of aromatic nitrogens is 6. The molecule has 0 atom stereocenters. The summed E-state index contributed by atoms with van der Waals surface area (Å²) >= 11 is 1.66. The first-order valence-electron chi connectivity index (χ1n) is 6.93. The number of aromatic amines is 1. The Kier molecular flexibility index (Phi) is 4.34. The second-order valence-electron chi connectivity index (χ2n) is 4.57. The highest BCUT2D eigenvalue weighted by molar-refractivity contribution is 7.99. The van der Waals surface area contributed by atoms with E-state index in [2.05, 4.69) is 43.8 Å². The van der Waals surface area contributed by atoms with Crippen LogP contribution in [0.2, 0.25) is 0 Å². The number of aryl methyl sites for hydroxylation is 1. The Hall–Kier alpha value is -2.09. The van der Waals surface area contributed by atoms with Gasteiger partial charge in [-0.25, -0.2) is 4.98 Å². The highest BCUT2D eigenvalue weighted by Crippen LogP contribution is 2.15. The molecule has 0 fully saturated rings. The van der Waals surface area contributed by atoms with Gasteiger partial charge in [-0.1, -0.05) is 13.3 Å². The van der Waals surface area contributed by atoms with E-state index in [1.165, 1.54) is 0 Å². The van der Waals surface area contributed by atoms with E-state index in [0.717, 1.165) is 47.3 Å². The molecular formula is C13H17N7S. The van der Waals surface area contributed by atoms with E-state index < -0.39 is 0 Å². The lowest BCUT2D eigenvalue weighted by molar-refractivity contribution is 0.858. The molecule has 0 aliphatic heterocycles. The molecule has 21 heavy (non-hydrogen) atoms. The van der Waals surface area contributed by atoms with E-state index in [-0.39, 0.29) is 0 Å². The Morgan fingerprint density at radius 1 is 1.43 bits per heavy atom. The molecular weight excluding hydrogens is 286 g/mol. The smallest absolute Gasteiger partial charge is 0.157 e. The maximum absolute atomic E-state index is 4.59. The van der Waals surface area contributed by atoms with E-state index in [4.69, 9.17) is 0 Å². The van der Waals surface area contributed by atoms with Crippen molar-refractivity contribution in [1.29, 1.82) is 0 Å². The number of hydrogen-bond donors (Lipinski definition) is 2. The molecule has 0 spiro atoms. The van der Waals surface area contributed by atoms with Crippen molar-refractivity contribution in [2.45, 2.75) is 24.8 Å². The quantitative estimate of drug-likeness (QED) is 0.513. The maximum atomic E-state index is 4.59. The van der Waals surface area contributed by atoms with Gasteiger partial charge in [-0.2, -0.15) is 19.9 Å². The number of nitrogens with one attached hydrogen (secondary N) is 2. The summed E-state index contributed by atoms with van der Waals surface area (Å²) in [5.41, 5.74) is 1.98. The van der Waals surface area contributed by atoms with Crippen LogP contribution >= 0.6 is 11.8 Å². The highest BCUT2D eigenvalue weighted by Gasteiger charge is 2.06. The molecule has 0 radical (unpaired) electrons. The zero-order valence-corrected chi connectivity index (χ0v) is 12.6. The molecule has 3 aromatic heterocycles. The first kappa shape index (κ1) is 13.9. The van der Waals surface area contributed by atoms with Gasteiger partial charge in [-0.15, -0.1) is 16.9 Å². The summed E-state index contributed by atoms with van der Waals surface area (Å²) in [5.74, 6) is 1.88. The number of hydrogen-bond acceptors (Lipinski definition) is 6. The lowest BCUT2D eigenvalue weighted by atomic mass is 10.2. The van der Waals surface area contributed by atoms with Crippen LogP contribution < -0.4 is 5.32 Å². The van der Waals surface area contributed by atoms with Crippen molar-refractivity contribution < 1.29 is 0 Å². The molecule has 0 saturated heterocycles. The number of rotatable bonds is 7. The summed E-state index contributed by atoms with van der Waals surface area (Å²) in [6, 6.07) is 4.00. The van der Waals surface area contributed by atoms with E-state index in [0.29, 0.717) is 0 Å². The highest BCUT2D eigenvalue weighted by atomic mass is 32.2. The van der Waals surface area contributed by atoms with Crippen molar-refractivity contribution >= 4 is 23.2 Å². The first-order chi connectivity index (χ1) is 10.4. The van der Waals surface area contributed by atoms with Crippen molar-refractivity contribution in [2.24, 2.45) is 0 Å². The maximum Gasteiger partial charge on any atom is 0.157 e. The van der Waals surface area contributed by atoms with Crippen molar-refractivity contribution in [3.05, 3.63) is 30.2 Å². The van der Waals surface area contributed by atoms with Gasteiger partial charge in [-0.3, -0.25) is 0 Å². The van der Waals surface area contributed by atoms with Gasteiger partial charge in [0.2, 0.25) is 0 Å². The Balaban J connectivity index is 1.66. The van der Waals surface area contributed by atoms with Crippen molar-refractivity contribution in [3.63, 3.8) is 0 Å². The van der Waals surface area contributed by atoms with Crippen molar-refractivity contribution in [2.75, 3.05) is 17.6 Å². The molecule has 0 bridgehead atoms. The van der Waals surface area contributed by atoms with Crippen LogP contribution in [0.3, 0.4) is 0 Å². The molecule has 0 unspecified atom stereocenters. The molecule has 3 rings (SSSR count). The van der Waals surface area contributed by atoms with E-state index >= 15 is 0 Å². The molecule has 7 nitrogen and oxygen atoms in total. The topological polar surface area (TPSA) is 83.8 Å². The number of anilines is 1. The molecule has 0 aliphatic carbocycles. The van der Waals surface area contributed by atoms with Gasteiger partial charge < -0.3 is 5.32 Å². The zero-order chi connectivity index (χ0) is 14.5. The Labute approximate surface area is 126 Å². The Bertz CT molecular complexity index is 692. The largest absolute Gasteiger partial charge is 0.369 e. The lowest BCUT2D eigenvalue weighted by Gasteiger charge is -2.09. The van der Waals surface area contributed by atoms with Gasteiger partial charge in [0.1, 0.15) is 10.8 Å². The van der Waals surface area contributed by atoms with Crippen LogP contribution in [-0.2, 0) is 6.42 Å². The monoisotopic (exact) mass is 303 g/mol. The van der Waals surface area contributed by atoms with Gasteiger partial charge in [0, 0.05) is 30.1 Å². The van der Waals surface area contributed by atoms with Gasteiger partial charge in [0.25, 0.3) is 0 Å². The van der Waals surface area contributed by atoms with Gasteiger partial charge in [-0.05, 0) is 6.42 Å². The molecule has 8 heteroatoms. The van der Waals surface area contributed by atoms with Crippen LogP contribution in [-0.4, -0.2) is 42.3 Å². The number of H-pyrrole nitrogens is 1. The summed E-state index contributed by atoms with van der Waals surface area (Å²) in [6.45, 7) is 2.98. The molecule has 3 heterocycles. The summed E-state index contributed by atoms with van der Waals surface area (Å²) in [7, 11) is 0. The first-order valence-corrected chi connectivity index (χ1v) is 7.91. The predicted molar refractivity (Wildman–Crippen MR) is 82.6 cm³/mol. The molecule has 2 N–H and O–H groups in total. The van der Waals surface area contributed by atoms with Crippen LogP contribution in [0.1, 0.15) is 19.0 Å². The normalized spacial score (nSPS) is 11.1. The molecule has 0 amide bonds. The minimum Gasteiger partial charge on any atom is -0.369 e. The van der Waals surface area contributed by atoms with Crippen LogP contribution in [0, 0.1) is 0 Å². The molecule has 0 saturated carbocycles. The lowest BCUT2D eigenvalue weighted by Crippen LogP contribution is -2.10. The zero-order valence-electron chi connectivity index (χ0n) is 11.8. The standard InChI is InChI=1S/C13H17N7S/c1-2-3-10-8-12(20-11(17-10)4-5-16-20)14-6-7-21-13-9-15-19-18-13/h4-5,8-9,14H,2-3,6-7H2,1H3,(H,15,18,19). The predicted octanol–water partition coefficient (Wildman–Crippen LogP) is 2.00. The van der Waals surface area contributed by atoms with Crippen LogP contribution in [0.4, 0.5) is 5.82 Å². The average molecular weight is 303 g/mol. The second-order valence-corrected chi connectivity index (χ2v) is 5.68. The van der Waals surface area contributed by atoms with E-state index in [1.54, 1.807) is 24.2 Å². The summed E-state index contributed by atoms with van der Waals surface area (Å²) in [4.78, 5) is 4.59. The summed E-state index contributed by atoms with van der Waals surface area (Å²) in [6.07, 6.45) is 5.55. The average Bonchev–Trinajstić information content (AvgIpc) is 3.14. The fourth-order valence-corrected chi connectivity index (χ4v) is 2.72. The number of fused-ring (bicyclic) bond motifs is 1. The Morgan fingerprint density at radius 2 is 2.38 bits per heavy atom. The summed E-state index contributed by atoms with van der Waals surface area (Å²) in [5, 5.41) is 19.0. The van der Waals surface area contributed by atoms with E-state index in [9.17, 15) is 0 Å². The fourth-order valence-electron chi connectivity index (χ4n) is 2.07. The summed E-state index contributed by atoms with van der Waals surface area (Å²) < 4.78 is 1.83. The second kappa shape index (κ2) is 6.57. The van der Waals surface area contributed by atoms with E-state index in [1.807, 2.05) is 10.6 Å². The third-order valence-corrected chi connectivity index (χ3v) is 3.87. The SMILES string of the molecule is CCCc1cc(NCCSc2cn[nH]n2)n2nccc2n1. The minimum atomic E-state index is 0.821. The van der Waals surface area contributed by atoms with Crippen LogP contribution in [0.5, 0.6) is 0 Å². The third-order valence-electron chi connectivity index (χ3n) is 2.97. The third kappa shape index (κ3) is 3.33.